The highest BCUT2D eigenvalue weighted by atomic mass is 127. The summed E-state index contributed by atoms with van der Waals surface area (Å²) >= 11 is 1.91. The van der Waals surface area contributed by atoms with Gasteiger partial charge < -0.3 is 36.0 Å². The molecule has 1 saturated heterocycles. The molecule has 2 aliphatic rings. The molecule has 6 N–H and O–H groups in total. The number of carbonyl (C=O) groups excluding carboxylic acids is 1. The molecule has 3 atom stereocenters. The minimum absolute atomic E-state index is 0.0486. The lowest BCUT2D eigenvalue weighted by molar-refractivity contribution is -0.134. The van der Waals surface area contributed by atoms with Crippen molar-refractivity contribution in [1.29, 1.82) is 0 Å². The van der Waals surface area contributed by atoms with Crippen molar-refractivity contribution in [3.05, 3.63) is 56.9 Å². The second kappa shape index (κ2) is 11.9. The van der Waals surface area contributed by atoms with Gasteiger partial charge in [-0.3, -0.25) is 9.59 Å². The second-order valence-electron chi connectivity index (χ2n) is 9.12. The Morgan fingerprint density at radius 3 is 2.24 bits per heavy atom. The molecule has 0 bridgehead atoms. The van der Waals surface area contributed by atoms with Gasteiger partial charge in [0.05, 0.1) is 42.2 Å². The van der Waals surface area contributed by atoms with E-state index >= 15 is 0 Å². The zero-order valence-electron chi connectivity index (χ0n) is 19.7. The molecule has 37 heavy (non-hydrogen) atoms. The summed E-state index contributed by atoms with van der Waals surface area (Å²) in [6, 6.07) is 5.94. The van der Waals surface area contributed by atoms with E-state index in [1.807, 2.05) is 22.6 Å². The molecule has 0 radical (unpaired) electrons. The topological polar surface area (TPSA) is 142 Å². The lowest BCUT2D eigenvalue weighted by Gasteiger charge is -2.47. The number of benzene rings is 2. The van der Waals surface area contributed by atoms with Crippen LogP contribution >= 0.6 is 22.6 Å². The van der Waals surface area contributed by atoms with Crippen molar-refractivity contribution >= 4 is 45.8 Å². The average Bonchev–Trinajstić information content (AvgIpc) is 3.11. The Bertz CT molecular complexity index is 1150. The Morgan fingerprint density at radius 2 is 1.68 bits per heavy atom. The van der Waals surface area contributed by atoms with E-state index in [0.29, 0.717) is 16.4 Å². The first-order valence-corrected chi connectivity index (χ1v) is 12.4. The number of nitrogens with one attached hydrogen (secondary N) is 2. The number of aliphatic hydroxyl groups is 3. The van der Waals surface area contributed by atoms with Crippen molar-refractivity contribution in [2.45, 2.75) is 43.6 Å². The summed E-state index contributed by atoms with van der Waals surface area (Å²) in [5.74, 6) is -4.66. The molecule has 1 heterocycles. The minimum atomic E-state index is -1.31. The molecule has 2 fully saturated rings. The maximum absolute atomic E-state index is 14.6. The molecule has 4 rings (SSSR count). The van der Waals surface area contributed by atoms with E-state index in [2.05, 4.69) is 10.6 Å². The molecule has 13 heteroatoms. The van der Waals surface area contributed by atoms with Gasteiger partial charge in [-0.15, -0.1) is 0 Å². The SMILES string of the molecule is CC(=O)O.O=C(c1ccc(F)c(F)c1Nc1ccc(I)cc1F)N1CC(O)(CNC2C[C@@H](O)[C@@H](O)C2)C1. The first kappa shape index (κ1) is 29.1. The van der Waals surface area contributed by atoms with Crippen molar-refractivity contribution in [3.63, 3.8) is 0 Å². The van der Waals surface area contributed by atoms with E-state index < -0.39 is 52.8 Å². The molecular weight excluding hydrogens is 610 g/mol. The van der Waals surface area contributed by atoms with Gasteiger partial charge in [-0.25, -0.2) is 13.2 Å². The summed E-state index contributed by atoms with van der Waals surface area (Å²) < 4.78 is 43.3. The summed E-state index contributed by atoms with van der Waals surface area (Å²) in [4.78, 5) is 23.3. The van der Waals surface area contributed by atoms with Crippen LogP contribution in [-0.4, -0.2) is 80.7 Å². The molecule has 2 aromatic rings. The molecule has 9 nitrogen and oxygen atoms in total. The lowest BCUT2D eigenvalue weighted by atomic mass is 9.92. The number of halogens is 4. The quantitative estimate of drug-likeness (QED) is 0.265. The van der Waals surface area contributed by atoms with Gasteiger partial charge in [0.2, 0.25) is 0 Å². The molecule has 2 aromatic carbocycles. The number of hydrogen-bond acceptors (Lipinski definition) is 7. The van der Waals surface area contributed by atoms with E-state index in [-0.39, 0.29) is 36.9 Å². The third-order valence-corrected chi connectivity index (χ3v) is 6.66. The number of β-amino-alcohol motifs (C(OH)–C–C–N with tert-alkyl or cyclic N) is 1. The highest BCUT2D eigenvalue weighted by molar-refractivity contribution is 14.1. The number of rotatable bonds is 6. The molecule has 1 amide bonds. The zero-order valence-corrected chi connectivity index (χ0v) is 21.9. The van der Waals surface area contributed by atoms with Crippen LogP contribution in [0.1, 0.15) is 30.1 Å². The number of aliphatic hydroxyl groups excluding tert-OH is 2. The Morgan fingerprint density at radius 1 is 1.08 bits per heavy atom. The normalized spacial score (nSPS) is 22.1. The van der Waals surface area contributed by atoms with Crippen LogP contribution in [0.25, 0.3) is 0 Å². The molecule has 0 aromatic heterocycles. The van der Waals surface area contributed by atoms with Gasteiger partial charge in [-0.05, 0) is 65.8 Å². The number of carboxylic acid groups (broad SMARTS) is 1. The number of carbonyl (C=O) groups is 2. The molecular formula is C24H27F3IN3O6. The van der Waals surface area contributed by atoms with E-state index in [1.54, 1.807) is 6.07 Å². The molecule has 0 spiro atoms. The van der Waals surface area contributed by atoms with Crippen LogP contribution in [-0.2, 0) is 4.79 Å². The number of nitrogens with zero attached hydrogens (tertiary/aromatic N) is 1. The van der Waals surface area contributed by atoms with Gasteiger partial charge in [0.1, 0.15) is 11.4 Å². The predicted octanol–water partition coefficient (Wildman–Crippen LogP) is 2.20. The summed E-state index contributed by atoms with van der Waals surface area (Å²) in [6.07, 6.45) is -0.903. The fourth-order valence-electron chi connectivity index (χ4n) is 4.16. The Balaban J connectivity index is 0.000000886. The van der Waals surface area contributed by atoms with Crippen LogP contribution in [0.5, 0.6) is 0 Å². The van der Waals surface area contributed by atoms with Crippen LogP contribution in [0.3, 0.4) is 0 Å². The van der Waals surface area contributed by atoms with Gasteiger partial charge >= 0.3 is 0 Å². The van der Waals surface area contributed by atoms with E-state index in [1.165, 1.54) is 17.0 Å². The van der Waals surface area contributed by atoms with Crippen LogP contribution in [0, 0.1) is 21.0 Å². The highest BCUT2D eigenvalue weighted by Crippen LogP contribution is 2.32. The highest BCUT2D eigenvalue weighted by Gasteiger charge is 2.45. The molecule has 202 valence electrons. The summed E-state index contributed by atoms with van der Waals surface area (Å²) in [7, 11) is 0. The smallest absolute Gasteiger partial charge is 0.300 e. The van der Waals surface area contributed by atoms with Gasteiger partial charge in [0.15, 0.2) is 11.6 Å². The van der Waals surface area contributed by atoms with Crippen molar-refractivity contribution in [3.8, 4) is 0 Å². The predicted molar refractivity (Wildman–Crippen MR) is 136 cm³/mol. The average molecular weight is 637 g/mol. The third kappa shape index (κ3) is 7.31. The minimum Gasteiger partial charge on any atom is -0.481 e. The maximum atomic E-state index is 14.6. The summed E-state index contributed by atoms with van der Waals surface area (Å²) in [5.41, 5.74) is -2.02. The number of anilines is 2. The first-order chi connectivity index (χ1) is 17.3. The molecule has 1 unspecified atom stereocenters. The molecule has 1 aliphatic carbocycles. The summed E-state index contributed by atoms with van der Waals surface area (Å²) in [5, 5.41) is 42.9. The fraction of sp³-hybridized carbons (Fsp3) is 0.417. The van der Waals surface area contributed by atoms with Crippen molar-refractivity contribution in [2.24, 2.45) is 0 Å². The standard InChI is InChI=1S/C22H23F3IN3O4.C2H4O2/c23-14-3-2-13(20(19(14)25)28-16-4-1-11(26)5-15(16)24)21(32)29-9-22(33,10-29)8-27-12-6-17(30)18(31)7-12;1-2(3)4/h1-5,12,17-18,27-28,30-31,33H,6-10H2;1H3,(H,3,4)/t12?,17-,18+;. The Hall–Kier alpha value is -2.46. The van der Waals surface area contributed by atoms with Gasteiger partial charge in [-0.1, -0.05) is 0 Å². The number of amides is 1. The van der Waals surface area contributed by atoms with E-state index in [4.69, 9.17) is 9.90 Å². The third-order valence-electron chi connectivity index (χ3n) is 5.99. The summed E-state index contributed by atoms with van der Waals surface area (Å²) in [6.45, 7) is 1.12. The molecule has 1 saturated carbocycles. The Kier molecular flexibility index (Phi) is 9.39. The Labute approximate surface area is 224 Å². The van der Waals surface area contributed by atoms with Crippen LogP contribution in [0.4, 0.5) is 24.5 Å². The van der Waals surface area contributed by atoms with Crippen LogP contribution in [0.15, 0.2) is 30.3 Å². The van der Waals surface area contributed by atoms with Gasteiger partial charge in [-0.2, -0.15) is 0 Å². The van der Waals surface area contributed by atoms with Gasteiger partial charge in [0.25, 0.3) is 11.9 Å². The number of likely N-dealkylation sites (tertiary alicyclic amines) is 1. The van der Waals surface area contributed by atoms with Gasteiger partial charge in [0, 0.05) is 23.1 Å². The maximum Gasteiger partial charge on any atom is 0.300 e. The largest absolute Gasteiger partial charge is 0.481 e. The lowest BCUT2D eigenvalue weighted by Crippen LogP contribution is -2.67. The fourth-order valence-corrected chi connectivity index (χ4v) is 4.61. The van der Waals surface area contributed by atoms with E-state index in [0.717, 1.165) is 19.1 Å². The zero-order chi connectivity index (χ0) is 27.5. The van der Waals surface area contributed by atoms with E-state index in [9.17, 15) is 33.3 Å². The molecule has 1 aliphatic heterocycles. The van der Waals surface area contributed by atoms with Crippen LogP contribution < -0.4 is 10.6 Å². The number of carboxylic acids is 1. The van der Waals surface area contributed by atoms with Crippen molar-refractivity contribution in [2.75, 3.05) is 25.0 Å². The second-order valence-corrected chi connectivity index (χ2v) is 10.4. The number of aliphatic carboxylic acids is 1. The van der Waals surface area contributed by atoms with Crippen molar-refractivity contribution < 1.29 is 43.2 Å². The monoisotopic (exact) mass is 637 g/mol. The van der Waals surface area contributed by atoms with Crippen molar-refractivity contribution in [1.82, 2.24) is 10.2 Å². The van der Waals surface area contributed by atoms with Crippen LogP contribution in [0.2, 0.25) is 0 Å². The first-order valence-electron chi connectivity index (χ1n) is 11.3. The number of hydrogen-bond donors (Lipinski definition) is 6.